The van der Waals surface area contributed by atoms with Crippen molar-refractivity contribution in [1.82, 2.24) is 4.72 Å². The van der Waals surface area contributed by atoms with E-state index in [4.69, 9.17) is 0 Å². The van der Waals surface area contributed by atoms with E-state index in [1.165, 1.54) is 0 Å². The van der Waals surface area contributed by atoms with Crippen molar-refractivity contribution in [3.8, 4) is 6.07 Å². The van der Waals surface area contributed by atoms with Gasteiger partial charge in [0.05, 0.1) is 9.86 Å². The molecule has 1 aliphatic rings. The van der Waals surface area contributed by atoms with E-state index in [2.05, 4.69) is 26.7 Å². The van der Waals surface area contributed by atoms with E-state index < -0.39 is 15.6 Å². The van der Waals surface area contributed by atoms with Crippen LogP contribution in [0.3, 0.4) is 0 Å². The molecule has 1 N–H and O–H groups in total. The zero-order chi connectivity index (χ0) is 13.9. The second-order valence-electron chi connectivity index (χ2n) is 4.77. The average Bonchev–Trinajstić information content (AvgIpc) is 2.68. The first-order valence-electron chi connectivity index (χ1n) is 6.18. The third-order valence-electron chi connectivity index (χ3n) is 3.31. The molecule has 19 heavy (non-hydrogen) atoms. The van der Waals surface area contributed by atoms with Gasteiger partial charge in [0.2, 0.25) is 0 Å². The summed E-state index contributed by atoms with van der Waals surface area (Å²) in [6.07, 6.45) is 5.10. The lowest BCUT2D eigenvalue weighted by molar-refractivity contribution is 0.422. The van der Waals surface area contributed by atoms with E-state index in [0.717, 1.165) is 40.8 Å². The Bertz CT molecular complexity index is 581. The van der Waals surface area contributed by atoms with Gasteiger partial charge in [0.25, 0.3) is 10.0 Å². The van der Waals surface area contributed by atoms with E-state index >= 15 is 0 Å². The molecule has 0 saturated heterocycles. The van der Waals surface area contributed by atoms with Crippen molar-refractivity contribution >= 4 is 37.3 Å². The Hall–Kier alpha value is -0.420. The predicted molar refractivity (Wildman–Crippen MR) is 78.4 cm³/mol. The van der Waals surface area contributed by atoms with Gasteiger partial charge in [-0.1, -0.05) is 25.7 Å². The van der Waals surface area contributed by atoms with Crippen LogP contribution in [0.2, 0.25) is 0 Å². The summed E-state index contributed by atoms with van der Waals surface area (Å²) in [7, 11) is -3.61. The number of thiophene rings is 1. The molecule has 1 aromatic rings. The molecule has 0 unspecified atom stereocenters. The van der Waals surface area contributed by atoms with Gasteiger partial charge < -0.3 is 0 Å². The molecule has 2 rings (SSSR count). The fourth-order valence-electron chi connectivity index (χ4n) is 2.32. The third kappa shape index (κ3) is 3.57. The van der Waals surface area contributed by atoms with E-state index in [9.17, 15) is 13.7 Å². The summed E-state index contributed by atoms with van der Waals surface area (Å²) in [4.78, 5) is 0. The van der Waals surface area contributed by atoms with Gasteiger partial charge in [0.1, 0.15) is 9.75 Å². The van der Waals surface area contributed by atoms with Crippen LogP contribution in [0.4, 0.5) is 0 Å². The summed E-state index contributed by atoms with van der Waals surface area (Å²) < 4.78 is 28.3. The van der Waals surface area contributed by atoms with E-state index in [1.54, 1.807) is 12.1 Å². The van der Waals surface area contributed by atoms with Crippen molar-refractivity contribution in [2.75, 3.05) is 0 Å². The molecule has 1 heterocycles. The van der Waals surface area contributed by atoms with Gasteiger partial charge in [-0.3, -0.25) is 0 Å². The van der Waals surface area contributed by atoms with Gasteiger partial charge in [0.15, 0.2) is 0 Å². The minimum Gasteiger partial charge on any atom is -0.206 e. The number of rotatable bonds is 3. The van der Waals surface area contributed by atoms with Gasteiger partial charge in [0, 0.05) is 0 Å². The Balaban J connectivity index is 2.24. The second kappa shape index (κ2) is 5.92. The standard InChI is InChI=1S/C12H15BrN2O2S2/c13-10-5-6-11(18-10)19(16,17)15-12(9-14)7-3-1-2-4-8-12/h5-6,15H,1-4,7-8H2. The van der Waals surface area contributed by atoms with Crippen LogP contribution in [0.5, 0.6) is 0 Å². The van der Waals surface area contributed by atoms with Gasteiger partial charge in [-0.15, -0.1) is 11.3 Å². The van der Waals surface area contributed by atoms with Crippen molar-refractivity contribution in [3.63, 3.8) is 0 Å². The first-order chi connectivity index (χ1) is 8.97. The molecule has 0 aromatic carbocycles. The summed E-state index contributed by atoms with van der Waals surface area (Å²) in [6.45, 7) is 0. The molecular weight excluding hydrogens is 348 g/mol. The van der Waals surface area contributed by atoms with Crippen molar-refractivity contribution < 1.29 is 8.42 Å². The third-order valence-corrected chi connectivity index (χ3v) is 6.97. The number of halogens is 1. The maximum absolute atomic E-state index is 12.3. The lowest BCUT2D eigenvalue weighted by Gasteiger charge is -2.25. The molecule has 0 atom stereocenters. The maximum atomic E-state index is 12.3. The Morgan fingerprint density at radius 1 is 1.26 bits per heavy atom. The molecule has 0 spiro atoms. The molecule has 0 amide bonds. The highest BCUT2D eigenvalue weighted by atomic mass is 79.9. The van der Waals surface area contributed by atoms with Crippen LogP contribution >= 0.6 is 27.3 Å². The van der Waals surface area contributed by atoms with E-state index in [-0.39, 0.29) is 4.21 Å². The van der Waals surface area contributed by atoms with Crippen LogP contribution in [0.25, 0.3) is 0 Å². The number of sulfonamides is 1. The molecule has 0 bridgehead atoms. The quantitative estimate of drug-likeness (QED) is 0.837. The van der Waals surface area contributed by atoms with Crippen LogP contribution in [0, 0.1) is 11.3 Å². The minimum absolute atomic E-state index is 0.248. The first kappa shape index (κ1) is 15.0. The zero-order valence-electron chi connectivity index (χ0n) is 10.4. The number of nitrogens with one attached hydrogen (secondary N) is 1. The summed E-state index contributed by atoms with van der Waals surface area (Å²) in [5.41, 5.74) is -0.939. The number of hydrogen-bond donors (Lipinski definition) is 1. The van der Waals surface area contributed by atoms with Crippen molar-refractivity contribution in [1.29, 1.82) is 5.26 Å². The molecule has 1 aromatic heterocycles. The Labute approximate surface area is 126 Å². The minimum atomic E-state index is -3.61. The highest BCUT2D eigenvalue weighted by Crippen LogP contribution is 2.31. The topological polar surface area (TPSA) is 70.0 Å². The second-order valence-corrected chi connectivity index (χ2v) is 9.14. The maximum Gasteiger partial charge on any atom is 0.251 e. The first-order valence-corrected chi connectivity index (χ1v) is 9.27. The fraction of sp³-hybridized carbons (Fsp3) is 0.583. The summed E-state index contributed by atoms with van der Waals surface area (Å²) in [6, 6.07) is 5.45. The molecule has 1 saturated carbocycles. The molecule has 0 radical (unpaired) electrons. The lowest BCUT2D eigenvalue weighted by Crippen LogP contribution is -2.46. The molecule has 1 fully saturated rings. The summed E-state index contributed by atoms with van der Waals surface area (Å²) in [5.74, 6) is 0. The van der Waals surface area contributed by atoms with Gasteiger partial charge >= 0.3 is 0 Å². The SMILES string of the molecule is N#CC1(NS(=O)(=O)c2ccc(Br)s2)CCCCCC1. The largest absolute Gasteiger partial charge is 0.251 e. The summed E-state index contributed by atoms with van der Waals surface area (Å²) >= 11 is 4.41. The molecular formula is C12H15BrN2O2S2. The molecule has 4 nitrogen and oxygen atoms in total. The number of nitrogens with zero attached hydrogens (tertiary/aromatic N) is 1. The van der Waals surface area contributed by atoms with Crippen LogP contribution in [0.1, 0.15) is 38.5 Å². The highest BCUT2D eigenvalue weighted by molar-refractivity contribution is 9.11. The van der Waals surface area contributed by atoms with Gasteiger partial charge in [-0.25, -0.2) is 8.42 Å². The lowest BCUT2D eigenvalue weighted by atomic mass is 9.94. The normalized spacial score (nSPS) is 19.6. The molecule has 1 aliphatic carbocycles. The zero-order valence-corrected chi connectivity index (χ0v) is 13.6. The van der Waals surface area contributed by atoms with Crippen molar-refractivity contribution in [2.45, 2.75) is 48.3 Å². The smallest absolute Gasteiger partial charge is 0.206 e. The van der Waals surface area contributed by atoms with Crippen molar-refractivity contribution in [2.24, 2.45) is 0 Å². The Morgan fingerprint density at radius 2 is 1.89 bits per heavy atom. The molecule has 7 heteroatoms. The highest BCUT2D eigenvalue weighted by Gasteiger charge is 2.36. The van der Waals surface area contributed by atoms with Gasteiger partial charge in [-0.2, -0.15) is 9.98 Å². The van der Waals surface area contributed by atoms with E-state index in [1.807, 2.05) is 0 Å². The van der Waals surface area contributed by atoms with Crippen molar-refractivity contribution in [3.05, 3.63) is 15.9 Å². The monoisotopic (exact) mass is 362 g/mol. The van der Waals surface area contributed by atoms with Crippen LogP contribution < -0.4 is 4.72 Å². The van der Waals surface area contributed by atoms with E-state index in [0.29, 0.717) is 12.8 Å². The number of hydrogen-bond acceptors (Lipinski definition) is 4. The van der Waals surface area contributed by atoms with Crippen LogP contribution in [-0.2, 0) is 10.0 Å². The Morgan fingerprint density at radius 3 is 2.37 bits per heavy atom. The molecule has 104 valence electrons. The molecule has 0 aliphatic heterocycles. The average molecular weight is 363 g/mol. The number of nitriles is 1. The Kier molecular flexibility index (Phi) is 4.66. The predicted octanol–water partition coefficient (Wildman–Crippen LogP) is 3.41. The van der Waals surface area contributed by atoms with Gasteiger partial charge in [-0.05, 0) is 40.9 Å². The summed E-state index contributed by atoms with van der Waals surface area (Å²) in [5, 5.41) is 9.40. The van der Waals surface area contributed by atoms with Crippen LogP contribution in [-0.4, -0.2) is 14.0 Å². The fourth-order valence-corrected chi connectivity index (χ4v) is 5.70. The van der Waals surface area contributed by atoms with Crippen LogP contribution in [0.15, 0.2) is 20.1 Å².